The summed E-state index contributed by atoms with van der Waals surface area (Å²) in [6, 6.07) is 7.30. The second-order valence-corrected chi connectivity index (χ2v) is 9.73. The highest BCUT2D eigenvalue weighted by molar-refractivity contribution is 7.17. The SMILES string of the molecule is CCOC(=O)c1sc(N2C(=O)C(=O)C(=C(O)c3ccc(C)c(F)c3)[C@H]2c2ccc(Cl)c(Cl)c2)nc1C. The van der Waals surface area contributed by atoms with E-state index in [1.807, 2.05) is 0 Å². The second-order valence-electron chi connectivity index (χ2n) is 7.94. The van der Waals surface area contributed by atoms with Crippen molar-refractivity contribution in [3.63, 3.8) is 0 Å². The first-order valence-electron chi connectivity index (χ1n) is 10.7. The van der Waals surface area contributed by atoms with Gasteiger partial charge in [-0.15, -0.1) is 0 Å². The van der Waals surface area contributed by atoms with Gasteiger partial charge in [0, 0.05) is 5.56 Å². The van der Waals surface area contributed by atoms with Crippen LogP contribution in [0.1, 0.15) is 45.0 Å². The van der Waals surface area contributed by atoms with Crippen LogP contribution in [-0.2, 0) is 14.3 Å². The lowest BCUT2D eigenvalue weighted by molar-refractivity contribution is -0.132. The maximum atomic E-state index is 14.3. The molecule has 1 amide bonds. The molecule has 1 saturated heterocycles. The molecule has 1 fully saturated rings. The number of carbonyl (C=O) groups excluding carboxylic acids is 3. The molecule has 0 spiro atoms. The van der Waals surface area contributed by atoms with Crippen LogP contribution in [-0.4, -0.2) is 34.4 Å². The molecule has 0 aliphatic carbocycles. The second kappa shape index (κ2) is 10.0. The van der Waals surface area contributed by atoms with E-state index in [1.54, 1.807) is 26.8 Å². The molecule has 36 heavy (non-hydrogen) atoms. The summed E-state index contributed by atoms with van der Waals surface area (Å²) in [5, 5.41) is 11.6. The number of halogens is 3. The number of rotatable bonds is 5. The Morgan fingerprint density at radius 1 is 1.17 bits per heavy atom. The Labute approximate surface area is 219 Å². The quantitative estimate of drug-likeness (QED) is 0.181. The van der Waals surface area contributed by atoms with Gasteiger partial charge in [-0.25, -0.2) is 14.2 Å². The van der Waals surface area contributed by atoms with Crippen molar-refractivity contribution in [2.45, 2.75) is 26.8 Å². The molecule has 1 aromatic heterocycles. The highest BCUT2D eigenvalue weighted by atomic mass is 35.5. The summed E-state index contributed by atoms with van der Waals surface area (Å²) in [5.74, 6) is -3.75. The van der Waals surface area contributed by atoms with Gasteiger partial charge in [0.1, 0.15) is 16.5 Å². The molecule has 0 saturated carbocycles. The fourth-order valence-electron chi connectivity index (χ4n) is 3.79. The molecule has 3 aromatic rings. The Kier molecular flexibility index (Phi) is 7.17. The van der Waals surface area contributed by atoms with Crippen LogP contribution in [0.15, 0.2) is 42.0 Å². The van der Waals surface area contributed by atoms with E-state index in [9.17, 15) is 23.9 Å². The number of Topliss-reactive ketones (excluding diaryl/α,β-unsaturated/α-hetero) is 1. The number of amides is 1. The molecule has 1 aliphatic heterocycles. The standard InChI is InChI=1S/C25H19Cl2FN2O5S/c1-4-35-24(34)22-12(3)29-25(36-22)30-19(13-7-8-15(26)16(27)9-13)18(21(32)23(30)33)20(31)14-6-5-11(2)17(28)10-14/h5-10,19,31H,4H2,1-3H3/t19-/m1/s1. The fraction of sp³-hybridized carbons (Fsp3) is 0.200. The molecule has 2 aromatic carbocycles. The van der Waals surface area contributed by atoms with Crippen molar-refractivity contribution in [1.29, 1.82) is 0 Å². The number of nitrogens with zero attached hydrogens (tertiary/aromatic N) is 2. The number of esters is 1. The lowest BCUT2D eigenvalue weighted by Crippen LogP contribution is -2.29. The van der Waals surface area contributed by atoms with Crippen LogP contribution in [0, 0.1) is 19.7 Å². The lowest BCUT2D eigenvalue weighted by atomic mass is 9.95. The molecule has 0 bridgehead atoms. The van der Waals surface area contributed by atoms with Gasteiger partial charge in [-0.3, -0.25) is 14.5 Å². The maximum absolute atomic E-state index is 14.3. The number of ether oxygens (including phenoxy) is 1. The van der Waals surface area contributed by atoms with Gasteiger partial charge in [-0.2, -0.15) is 0 Å². The zero-order valence-electron chi connectivity index (χ0n) is 19.3. The first-order chi connectivity index (χ1) is 17.0. The molecule has 7 nitrogen and oxygen atoms in total. The fourth-order valence-corrected chi connectivity index (χ4v) is 5.09. The van der Waals surface area contributed by atoms with Gasteiger partial charge in [0.15, 0.2) is 5.13 Å². The van der Waals surface area contributed by atoms with Crippen molar-refractivity contribution < 1.29 is 28.6 Å². The summed E-state index contributed by atoms with van der Waals surface area (Å²) in [6.45, 7) is 4.93. The first-order valence-corrected chi connectivity index (χ1v) is 12.3. The summed E-state index contributed by atoms with van der Waals surface area (Å²) in [7, 11) is 0. The number of ketones is 1. The number of hydrogen-bond acceptors (Lipinski definition) is 7. The number of benzene rings is 2. The van der Waals surface area contributed by atoms with E-state index >= 15 is 0 Å². The number of aliphatic hydroxyl groups is 1. The molecule has 11 heteroatoms. The monoisotopic (exact) mass is 548 g/mol. The van der Waals surface area contributed by atoms with Crippen molar-refractivity contribution in [3.8, 4) is 0 Å². The van der Waals surface area contributed by atoms with Gasteiger partial charge in [0.25, 0.3) is 5.78 Å². The van der Waals surface area contributed by atoms with Crippen molar-refractivity contribution in [3.05, 3.63) is 85.1 Å². The molecule has 1 atom stereocenters. The smallest absolute Gasteiger partial charge is 0.350 e. The third kappa shape index (κ3) is 4.50. The zero-order valence-corrected chi connectivity index (χ0v) is 21.6. The minimum absolute atomic E-state index is 0.0173. The Balaban J connectivity index is 1.94. The third-order valence-corrected chi connectivity index (χ3v) is 7.48. The van der Waals surface area contributed by atoms with Crippen molar-refractivity contribution in [1.82, 2.24) is 4.98 Å². The molecule has 1 N–H and O–H groups in total. The highest BCUT2D eigenvalue weighted by Gasteiger charge is 2.48. The molecule has 0 unspecified atom stereocenters. The maximum Gasteiger partial charge on any atom is 0.350 e. The normalized spacial score (nSPS) is 17.1. The predicted octanol–water partition coefficient (Wildman–Crippen LogP) is 6.01. The van der Waals surface area contributed by atoms with Crippen LogP contribution in [0.4, 0.5) is 9.52 Å². The summed E-state index contributed by atoms with van der Waals surface area (Å²) in [6.07, 6.45) is 0. The number of anilines is 1. The van der Waals surface area contributed by atoms with E-state index in [0.29, 0.717) is 16.8 Å². The predicted molar refractivity (Wildman–Crippen MR) is 135 cm³/mol. The summed E-state index contributed by atoms with van der Waals surface area (Å²) >= 11 is 13.2. The molecule has 186 valence electrons. The number of aromatic nitrogens is 1. The minimum Gasteiger partial charge on any atom is -0.507 e. The summed E-state index contributed by atoms with van der Waals surface area (Å²) in [4.78, 5) is 44.5. The minimum atomic E-state index is -1.18. The number of thiazole rings is 1. The van der Waals surface area contributed by atoms with Crippen LogP contribution >= 0.6 is 34.5 Å². The molecular formula is C25H19Cl2FN2O5S. The molecule has 4 rings (SSSR count). The van der Waals surface area contributed by atoms with E-state index in [-0.39, 0.29) is 37.8 Å². The average molecular weight is 549 g/mol. The van der Waals surface area contributed by atoms with Gasteiger partial charge in [0.2, 0.25) is 0 Å². The van der Waals surface area contributed by atoms with Crippen molar-refractivity contribution >= 4 is 63.1 Å². The first kappa shape index (κ1) is 25.8. The van der Waals surface area contributed by atoms with E-state index in [1.165, 1.54) is 24.3 Å². The van der Waals surface area contributed by atoms with E-state index < -0.39 is 35.3 Å². The van der Waals surface area contributed by atoms with Crippen LogP contribution in [0.5, 0.6) is 0 Å². The highest BCUT2D eigenvalue weighted by Crippen LogP contribution is 2.45. The Bertz CT molecular complexity index is 1450. The van der Waals surface area contributed by atoms with Crippen molar-refractivity contribution in [2.75, 3.05) is 11.5 Å². The number of aliphatic hydroxyl groups excluding tert-OH is 1. The summed E-state index contributed by atoms with van der Waals surface area (Å²) in [5.41, 5.74) is 0.737. The molecule has 0 radical (unpaired) electrons. The van der Waals surface area contributed by atoms with Gasteiger partial charge >= 0.3 is 11.9 Å². The Hall–Kier alpha value is -3.27. The molecular weight excluding hydrogens is 530 g/mol. The van der Waals surface area contributed by atoms with E-state index in [2.05, 4.69) is 4.98 Å². The molecule has 1 aliphatic rings. The lowest BCUT2D eigenvalue weighted by Gasteiger charge is -2.23. The average Bonchev–Trinajstić information content (AvgIpc) is 3.34. The van der Waals surface area contributed by atoms with Gasteiger partial charge in [0.05, 0.1) is 34.0 Å². The molecule has 2 heterocycles. The number of aryl methyl sites for hydroxylation is 2. The van der Waals surface area contributed by atoms with Gasteiger partial charge in [-0.1, -0.05) is 52.7 Å². The van der Waals surface area contributed by atoms with Crippen molar-refractivity contribution in [2.24, 2.45) is 0 Å². The number of hydrogen-bond donors (Lipinski definition) is 1. The Morgan fingerprint density at radius 2 is 1.89 bits per heavy atom. The largest absolute Gasteiger partial charge is 0.507 e. The van der Waals surface area contributed by atoms with Crippen LogP contribution in [0.25, 0.3) is 5.76 Å². The summed E-state index contributed by atoms with van der Waals surface area (Å²) < 4.78 is 19.3. The van der Waals surface area contributed by atoms with Crippen LogP contribution in [0.2, 0.25) is 10.0 Å². The zero-order chi connectivity index (χ0) is 26.3. The number of carbonyl (C=O) groups is 3. The van der Waals surface area contributed by atoms with Crippen LogP contribution in [0.3, 0.4) is 0 Å². The Morgan fingerprint density at radius 3 is 2.53 bits per heavy atom. The van der Waals surface area contributed by atoms with E-state index in [4.69, 9.17) is 27.9 Å². The van der Waals surface area contributed by atoms with E-state index in [0.717, 1.165) is 22.3 Å². The van der Waals surface area contributed by atoms with Gasteiger partial charge in [-0.05, 0) is 50.1 Å². The van der Waals surface area contributed by atoms with Crippen LogP contribution < -0.4 is 4.90 Å². The van der Waals surface area contributed by atoms with Gasteiger partial charge < -0.3 is 9.84 Å². The topological polar surface area (TPSA) is 96.8 Å². The third-order valence-electron chi connectivity index (χ3n) is 5.60.